The van der Waals surface area contributed by atoms with Crippen LogP contribution in [0.5, 0.6) is 0 Å². The Kier molecular flexibility index (Phi) is 5.18. The minimum atomic E-state index is -0.551. The number of likely N-dealkylation sites (N-methyl/N-ethyl adjacent to an activating group) is 1. The van der Waals surface area contributed by atoms with Crippen LogP contribution in [0.3, 0.4) is 0 Å². The topological polar surface area (TPSA) is 102 Å². The number of ether oxygens (including phenoxy) is 2. The highest BCUT2D eigenvalue weighted by atomic mass is 16.6. The van der Waals surface area contributed by atoms with Crippen molar-refractivity contribution in [3.8, 4) is 0 Å². The van der Waals surface area contributed by atoms with Gasteiger partial charge in [0.15, 0.2) is 0 Å². The molecule has 5 fully saturated rings. The van der Waals surface area contributed by atoms with Gasteiger partial charge in [0.25, 0.3) is 0 Å². The molecule has 0 aromatic carbocycles. The highest BCUT2D eigenvalue weighted by Gasteiger charge is 2.59. The normalized spacial score (nSPS) is 37.2. The third-order valence-electron chi connectivity index (χ3n) is 7.60. The number of likely N-dealkylation sites (tertiary alicyclic amines) is 1. The smallest absolute Gasteiger partial charge is 0.410 e. The predicted molar refractivity (Wildman–Crippen MR) is 109 cm³/mol. The van der Waals surface area contributed by atoms with E-state index in [-0.39, 0.29) is 47.5 Å². The minimum Gasteiger partial charge on any atom is -0.446 e. The lowest BCUT2D eigenvalue weighted by atomic mass is 9.48. The highest BCUT2D eigenvalue weighted by Crippen LogP contribution is 2.60. The van der Waals surface area contributed by atoms with Crippen molar-refractivity contribution in [2.75, 3.05) is 20.1 Å². The number of hydrogen-bond donors (Lipinski definition) is 1. The lowest BCUT2D eigenvalue weighted by molar-refractivity contribution is -0.161. The summed E-state index contributed by atoms with van der Waals surface area (Å²) < 4.78 is 11.4. The van der Waals surface area contributed by atoms with Crippen LogP contribution in [-0.4, -0.2) is 65.8 Å². The summed E-state index contributed by atoms with van der Waals surface area (Å²) in [5.41, 5.74) is 4.81. The lowest BCUT2D eigenvalue weighted by Gasteiger charge is -2.58. The van der Waals surface area contributed by atoms with Crippen molar-refractivity contribution in [3.63, 3.8) is 0 Å². The number of rotatable bonds is 3. The van der Waals surface area contributed by atoms with Gasteiger partial charge in [0.1, 0.15) is 11.7 Å². The lowest BCUT2D eigenvalue weighted by Crippen LogP contribution is -2.59. The number of nitrogens with two attached hydrogens (primary N) is 1. The second kappa shape index (κ2) is 7.31. The monoisotopic (exact) mass is 421 g/mol. The number of nitrogens with zero attached hydrogens (tertiary/aromatic N) is 2. The first-order valence-corrected chi connectivity index (χ1v) is 11.2. The molecule has 168 valence electrons. The molecule has 4 unspecified atom stereocenters. The van der Waals surface area contributed by atoms with E-state index >= 15 is 0 Å². The quantitative estimate of drug-likeness (QED) is 0.755. The van der Waals surface area contributed by atoms with Crippen LogP contribution >= 0.6 is 0 Å². The third-order valence-corrected chi connectivity index (χ3v) is 7.60. The van der Waals surface area contributed by atoms with Gasteiger partial charge < -0.3 is 25.0 Å². The van der Waals surface area contributed by atoms with E-state index in [0.717, 1.165) is 32.1 Å². The van der Waals surface area contributed by atoms with Crippen LogP contribution in [0.2, 0.25) is 0 Å². The summed E-state index contributed by atoms with van der Waals surface area (Å²) in [6, 6.07) is -0.0796. The van der Waals surface area contributed by atoms with Crippen molar-refractivity contribution in [1.29, 1.82) is 0 Å². The molecule has 8 nitrogen and oxygen atoms in total. The van der Waals surface area contributed by atoms with Crippen LogP contribution in [0.25, 0.3) is 0 Å². The Morgan fingerprint density at radius 2 is 1.73 bits per heavy atom. The molecular weight excluding hydrogens is 386 g/mol. The first-order chi connectivity index (χ1) is 14.0. The zero-order chi connectivity index (χ0) is 21.8. The van der Waals surface area contributed by atoms with Gasteiger partial charge in [-0.25, -0.2) is 9.59 Å². The molecule has 30 heavy (non-hydrogen) atoms. The maximum absolute atomic E-state index is 12.9. The fourth-order valence-corrected chi connectivity index (χ4v) is 6.37. The SMILES string of the molecule is CN(C(=O)OC(C)(C)C)[C@@H]1CCN(C(=O)OC2C3CC4C[C@@H]2CC(C(N)=O)(C4)C3)C1. The van der Waals surface area contributed by atoms with Crippen LogP contribution in [0.4, 0.5) is 9.59 Å². The summed E-state index contributed by atoms with van der Waals surface area (Å²) in [7, 11) is 1.72. The predicted octanol–water partition coefficient (Wildman–Crippen LogP) is 2.74. The van der Waals surface area contributed by atoms with Crippen LogP contribution in [0.15, 0.2) is 0 Å². The Labute approximate surface area is 178 Å². The van der Waals surface area contributed by atoms with Crippen LogP contribution in [0.1, 0.15) is 59.3 Å². The fraction of sp³-hybridized carbons (Fsp3) is 0.864. The Balaban J connectivity index is 1.33. The molecule has 4 bridgehead atoms. The molecule has 5 rings (SSSR count). The molecule has 3 amide bonds. The van der Waals surface area contributed by atoms with Gasteiger partial charge in [-0.3, -0.25) is 4.79 Å². The summed E-state index contributed by atoms with van der Waals surface area (Å²) in [6.07, 6.45) is 4.34. The van der Waals surface area contributed by atoms with Crippen molar-refractivity contribution in [3.05, 3.63) is 0 Å². The highest BCUT2D eigenvalue weighted by molar-refractivity contribution is 5.81. The van der Waals surface area contributed by atoms with Gasteiger partial charge in [-0.15, -0.1) is 0 Å². The fourth-order valence-electron chi connectivity index (χ4n) is 6.37. The van der Waals surface area contributed by atoms with Crippen LogP contribution in [0, 0.1) is 23.2 Å². The van der Waals surface area contributed by atoms with E-state index in [1.165, 1.54) is 0 Å². The first kappa shape index (κ1) is 21.2. The van der Waals surface area contributed by atoms with Gasteiger partial charge >= 0.3 is 12.2 Å². The molecular formula is C22H35N3O5. The van der Waals surface area contributed by atoms with E-state index in [4.69, 9.17) is 15.2 Å². The molecule has 8 heteroatoms. The average Bonchev–Trinajstić information content (AvgIpc) is 3.12. The van der Waals surface area contributed by atoms with Crippen molar-refractivity contribution in [2.24, 2.45) is 28.9 Å². The second-order valence-corrected chi connectivity index (χ2v) is 10.9. The van der Waals surface area contributed by atoms with Gasteiger partial charge in [-0.2, -0.15) is 0 Å². The number of hydrogen-bond acceptors (Lipinski definition) is 5. The molecule has 4 aliphatic carbocycles. The second-order valence-electron chi connectivity index (χ2n) is 10.9. The summed E-state index contributed by atoms with van der Waals surface area (Å²) in [4.78, 5) is 40.6. The Morgan fingerprint density at radius 1 is 1.10 bits per heavy atom. The van der Waals surface area contributed by atoms with Gasteiger partial charge in [0.05, 0.1) is 11.5 Å². The largest absolute Gasteiger partial charge is 0.446 e. The Bertz CT molecular complexity index is 717. The molecule has 5 aliphatic rings. The van der Waals surface area contributed by atoms with Gasteiger partial charge in [0.2, 0.25) is 5.91 Å². The standard InChI is InChI=1S/C22H35N3O5/c1-21(2,3)30-19(27)24(4)16-5-6-25(12-16)20(28)29-17-14-7-13-8-15(17)11-22(9-13,10-14)18(23)26/h13-17H,5-12H2,1-4H3,(H2,23,26)/t13?,14-,15?,16-,17?,22?/m1/s1. The molecule has 1 heterocycles. The number of amides is 3. The maximum Gasteiger partial charge on any atom is 0.410 e. The van der Waals surface area contributed by atoms with E-state index < -0.39 is 5.60 Å². The van der Waals surface area contributed by atoms with Crippen molar-refractivity contribution in [2.45, 2.75) is 77.0 Å². The third kappa shape index (κ3) is 3.85. The molecule has 1 saturated heterocycles. The molecule has 0 spiro atoms. The summed E-state index contributed by atoms with van der Waals surface area (Å²) >= 11 is 0. The average molecular weight is 422 g/mol. The summed E-state index contributed by atoms with van der Waals surface area (Å²) in [6.45, 7) is 6.52. The molecule has 0 aromatic rings. The van der Waals surface area contributed by atoms with E-state index in [2.05, 4.69) is 0 Å². The van der Waals surface area contributed by atoms with E-state index in [1.807, 2.05) is 20.8 Å². The Hall–Kier alpha value is -1.99. The van der Waals surface area contributed by atoms with Gasteiger partial charge in [-0.05, 0) is 77.0 Å². The molecule has 1 aliphatic heterocycles. The molecule has 4 saturated carbocycles. The Morgan fingerprint density at radius 3 is 2.30 bits per heavy atom. The molecule has 0 aromatic heterocycles. The van der Waals surface area contributed by atoms with Crippen LogP contribution < -0.4 is 5.73 Å². The van der Waals surface area contributed by atoms with Crippen LogP contribution in [-0.2, 0) is 14.3 Å². The van der Waals surface area contributed by atoms with Crippen molar-refractivity contribution >= 4 is 18.1 Å². The summed E-state index contributed by atoms with van der Waals surface area (Å²) in [5.74, 6) is 0.814. The zero-order valence-corrected chi connectivity index (χ0v) is 18.6. The number of carbonyl (C=O) groups excluding carboxylic acids is 3. The molecule has 2 N–H and O–H groups in total. The van der Waals surface area contributed by atoms with E-state index in [9.17, 15) is 14.4 Å². The van der Waals surface area contributed by atoms with Crippen molar-refractivity contribution < 1.29 is 23.9 Å². The molecule has 0 radical (unpaired) electrons. The number of carbonyl (C=O) groups is 3. The van der Waals surface area contributed by atoms with Gasteiger partial charge in [-0.1, -0.05) is 0 Å². The molecule has 6 atom stereocenters. The number of primary amides is 1. The zero-order valence-electron chi connectivity index (χ0n) is 18.6. The van der Waals surface area contributed by atoms with E-state index in [0.29, 0.717) is 25.4 Å². The van der Waals surface area contributed by atoms with Gasteiger partial charge in [0, 0.05) is 20.1 Å². The van der Waals surface area contributed by atoms with Crippen molar-refractivity contribution in [1.82, 2.24) is 9.80 Å². The van der Waals surface area contributed by atoms with E-state index in [1.54, 1.807) is 16.8 Å². The first-order valence-electron chi connectivity index (χ1n) is 11.2. The summed E-state index contributed by atoms with van der Waals surface area (Å²) in [5, 5.41) is 0. The maximum atomic E-state index is 12.9. The minimum absolute atomic E-state index is 0.0796.